The Labute approximate surface area is 280 Å². The lowest BCUT2D eigenvalue weighted by atomic mass is 10.2. The summed E-state index contributed by atoms with van der Waals surface area (Å²) in [6, 6.07) is 20.9. The molecule has 6 aromatic rings. The number of benzene rings is 2. The van der Waals surface area contributed by atoms with Crippen LogP contribution in [0.3, 0.4) is 0 Å². The van der Waals surface area contributed by atoms with Crippen LogP contribution in [0.4, 0.5) is 11.6 Å². The Morgan fingerprint density at radius 1 is 0.694 bits per heavy atom. The first-order chi connectivity index (χ1) is 24.0. The van der Waals surface area contributed by atoms with Gasteiger partial charge in [-0.05, 0) is 50.2 Å². The Morgan fingerprint density at radius 2 is 1.22 bits per heavy atom. The topological polar surface area (TPSA) is 218 Å². The molecule has 4 heterocycles. The standard InChI is InChI=1S/C34H34N10O5/c35-11-5-13-47-29-17-31(39-25-9-3-1-7-23(25)29)41-33(45)27-15-22(49-20-21-19-37-44-43-21)16-28(38-27)34(46)42-32-18-30(48-14-6-12-36)24-8-2-4-10-26(24)40-32/h1-4,7-10,15-19H,5-6,11-14,20,35-36H2,(H,37,43,44)(H,39,41,45)(H,40,42,46). The number of nitrogens with zero attached hydrogens (tertiary/aromatic N) is 5. The first-order valence-corrected chi connectivity index (χ1v) is 15.6. The van der Waals surface area contributed by atoms with Gasteiger partial charge in [-0.3, -0.25) is 9.59 Å². The Bertz CT molecular complexity index is 1950. The van der Waals surface area contributed by atoms with E-state index in [-0.39, 0.29) is 35.4 Å². The molecule has 49 heavy (non-hydrogen) atoms. The summed E-state index contributed by atoms with van der Waals surface area (Å²) in [4.78, 5) is 40.8. The maximum Gasteiger partial charge on any atom is 0.275 e. The molecule has 0 aliphatic carbocycles. The highest BCUT2D eigenvalue weighted by Gasteiger charge is 2.19. The predicted molar refractivity (Wildman–Crippen MR) is 183 cm³/mol. The van der Waals surface area contributed by atoms with Crippen LogP contribution in [0.1, 0.15) is 39.5 Å². The molecule has 2 amide bonds. The predicted octanol–water partition coefficient (Wildman–Crippen LogP) is 3.83. The summed E-state index contributed by atoms with van der Waals surface area (Å²) in [5.41, 5.74) is 12.8. The zero-order valence-corrected chi connectivity index (χ0v) is 26.4. The Morgan fingerprint density at radius 3 is 1.71 bits per heavy atom. The number of pyridine rings is 3. The van der Waals surface area contributed by atoms with Gasteiger partial charge in [-0.25, -0.2) is 15.0 Å². The lowest BCUT2D eigenvalue weighted by Gasteiger charge is -2.13. The van der Waals surface area contributed by atoms with E-state index in [2.05, 4.69) is 41.0 Å². The highest BCUT2D eigenvalue weighted by Crippen LogP contribution is 2.29. The minimum absolute atomic E-state index is 0.0219. The maximum absolute atomic E-state index is 13.6. The van der Waals surface area contributed by atoms with Crippen molar-refractivity contribution in [3.8, 4) is 17.2 Å². The molecule has 0 bridgehead atoms. The number of carbonyl (C=O) groups excluding carboxylic acids is 2. The summed E-state index contributed by atoms with van der Waals surface area (Å²) in [5, 5.41) is 17.4. The van der Waals surface area contributed by atoms with E-state index >= 15 is 0 Å². The number of nitrogens with one attached hydrogen (secondary N) is 3. The molecular weight excluding hydrogens is 628 g/mol. The molecule has 15 nitrogen and oxygen atoms in total. The lowest BCUT2D eigenvalue weighted by Crippen LogP contribution is -2.20. The molecule has 6 rings (SSSR count). The van der Waals surface area contributed by atoms with Gasteiger partial charge < -0.3 is 36.3 Å². The van der Waals surface area contributed by atoms with E-state index in [9.17, 15) is 9.59 Å². The van der Waals surface area contributed by atoms with Gasteiger partial charge in [0.1, 0.15) is 52.6 Å². The monoisotopic (exact) mass is 662 g/mol. The molecule has 0 radical (unpaired) electrons. The lowest BCUT2D eigenvalue weighted by molar-refractivity contribution is 0.101. The zero-order valence-electron chi connectivity index (χ0n) is 26.4. The number of aromatic nitrogens is 6. The van der Waals surface area contributed by atoms with Crippen molar-refractivity contribution in [3.63, 3.8) is 0 Å². The Balaban J connectivity index is 1.29. The first-order valence-electron chi connectivity index (χ1n) is 15.6. The van der Waals surface area contributed by atoms with E-state index in [1.165, 1.54) is 18.3 Å². The van der Waals surface area contributed by atoms with E-state index in [1.807, 2.05) is 48.5 Å². The van der Waals surface area contributed by atoms with Gasteiger partial charge in [0.05, 0.1) is 30.4 Å². The van der Waals surface area contributed by atoms with Crippen LogP contribution >= 0.6 is 0 Å². The van der Waals surface area contributed by atoms with Crippen molar-refractivity contribution in [2.24, 2.45) is 11.5 Å². The van der Waals surface area contributed by atoms with E-state index in [4.69, 9.17) is 25.7 Å². The summed E-state index contributed by atoms with van der Waals surface area (Å²) in [5.74, 6) is 0.490. The molecule has 0 saturated carbocycles. The molecule has 0 aliphatic heterocycles. The fourth-order valence-corrected chi connectivity index (χ4v) is 4.82. The second kappa shape index (κ2) is 15.6. The Kier molecular flexibility index (Phi) is 10.4. The van der Waals surface area contributed by atoms with Crippen molar-refractivity contribution >= 4 is 45.3 Å². The van der Waals surface area contributed by atoms with Crippen LogP contribution in [0.5, 0.6) is 17.2 Å². The van der Waals surface area contributed by atoms with Crippen molar-refractivity contribution in [3.05, 3.63) is 96.1 Å². The fraction of sp³-hybridized carbons (Fsp3) is 0.206. The summed E-state index contributed by atoms with van der Waals surface area (Å²) >= 11 is 0. The number of para-hydroxylation sites is 2. The molecule has 0 saturated heterocycles. The summed E-state index contributed by atoms with van der Waals surface area (Å²) in [6.45, 7) is 1.77. The number of aromatic amines is 1. The Hall–Kier alpha value is -6.19. The first kappa shape index (κ1) is 32.7. The van der Waals surface area contributed by atoms with Gasteiger partial charge in [0, 0.05) is 35.0 Å². The highest BCUT2D eigenvalue weighted by molar-refractivity contribution is 6.07. The minimum Gasteiger partial charge on any atom is -0.493 e. The number of hydrogen-bond donors (Lipinski definition) is 5. The van der Waals surface area contributed by atoms with Crippen LogP contribution in [-0.4, -0.2) is 68.5 Å². The van der Waals surface area contributed by atoms with Crippen molar-refractivity contribution in [2.45, 2.75) is 19.4 Å². The summed E-state index contributed by atoms with van der Waals surface area (Å²) in [7, 11) is 0. The molecular formula is C34H34N10O5. The number of hydrogen-bond acceptors (Lipinski definition) is 12. The molecule has 4 aromatic heterocycles. The van der Waals surface area contributed by atoms with Crippen molar-refractivity contribution < 1.29 is 23.8 Å². The third-order valence-electron chi connectivity index (χ3n) is 7.17. The number of anilines is 2. The van der Waals surface area contributed by atoms with Crippen LogP contribution in [0, 0.1) is 0 Å². The second-order valence-corrected chi connectivity index (χ2v) is 10.8. The number of H-pyrrole nitrogens is 1. The molecule has 7 N–H and O–H groups in total. The maximum atomic E-state index is 13.6. The van der Waals surface area contributed by atoms with E-state index in [0.717, 1.165) is 10.8 Å². The zero-order chi connectivity index (χ0) is 34.0. The van der Waals surface area contributed by atoms with Crippen LogP contribution in [0.15, 0.2) is 79.0 Å². The number of carbonyl (C=O) groups is 2. The van der Waals surface area contributed by atoms with Crippen LogP contribution in [0.25, 0.3) is 21.8 Å². The van der Waals surface area contributed by atoms with Crippen LogP contribution in [0.2, 0.25) is 0 Å². The van der Waals surface area contributed by atoms with Gasteiger partial charge in [0.15, 0.2) is 0 Å². The van der Waals surface area contributed by atoms with Gasteiger partial charge in [-0.15, -0.1) is 0 Å². The van der Waals surface area contributed by atoms with Gasteiger partial charge >= 0.3 is 0 Å². The van der Waals surface area contributed by atoms with E-state index in [0.29, 0.717) is 67.4 Å². The normalized spacial score (nSPS) is 11.0. The van der Waals surface area contributed by atoms with E-state index in [1.54, 1.807) is 12.1 Å². The number of rotatable bonds is 15. The molecule has 0 atom stereocenters. The van der Waals surface area contributed by atoms with Gasteiger partial charge in [0.25, 0.3) is 11.8 Å². The van der Waals surface area contributed by atoms with Crippen molar-refractivity contribution in [1.82, 2.24) is 30.4 Å². The summed E-state index contributed by atoms with van der Waals surface area (Å²) < 4.78 is 17.8. The number of ether oxygens (including phenoxy) is 3. The highest BCUT2D eigenvalue weighted by atomic mass is 16.5. The fourth-order valence-electron chi connectivity index (χ4n) is 4.82. The molecule has 250 valence electrons. The second-order valence-electron chi connectivity index (χ2n) is 10.8. The third kappa shape index (κ3) is 8.22. The number of nitrogens with two attached hydrogens (primary N) is 2. The quantitative estimate of drug-likeness (QED) is 0.0991. The molecule has 0 aliphatic rings. The number of amides is 2. The van der Waals surface area contributed by atoms with Crippen molar-refractivity contribution in [2.75, 3.05) is 36.9 Å². The number of fused-ring (bicyclic) bond motifs is 2. The van der Waals surface area contributed by atoms with Gasteiger partial charge in [-0.2, -0.15) is 15.4 Å². The smallest absolute Gasteiger partial charge is 0.275 e. The van der Waals surface area contributed by atoms with Crippen LogP contribution in [-0.2, 0) is 6.61 Å². The summed E-state index contributed by atoms with van der Waals surface area (Å²) in [6.07, 6.45) is 2.82. The largest absolute Gasteiger partial charge is 0.493 e. The molecule has 2 aromatic carbocycles. The van der Waals surface area contributed by atoms with E-state index < -0.39 is 11.8 Å². The van der Waals surface area contributed by atoms with Gasteiger partial charge in [-0.1, -0.05) is 24.3 Å². The molecule has 0 unspecified atom stereocenters. The van der Waals surface area contributed by atoms with Crippen LogP contribution < -0.4 is 36.3 Å². The average Bonchev–Trinajstić information content (AvgIpc) is 3.65. The average molecular weight is 663 g/mol. The van der Waals surface area contributed by atoms with Gasteiger partial charge in [0.2, 0.25) is 0 Å². The molecule has 0 spiro atoms. The SMILES string of the molecule is NCCCOc1cc(NC(=O)c2cc(OCc3cn[nH]n3)cc(C(=O)Nc3cc(OCCCN)c4ccccc4n3)n2)nc2ccccc12. The van der Waals surface area contributed by atoms with Crippen molar-refractivity contribution in [1.29, 1.82) is 0 Å². The molecule has 15 heteroatoms. The molecule has 0 fully saturated rings. The minimum atomic E-state index is -0.629. The third-order valence-corrected chi connectivity index (χ3v) is 7.17.